The van der Waals surface area contributed by atoms with Crippen molar-refractivity contribution in [2.75, 3.05) is 0 Å². The molecule has 0 aliphatic heterocycles. The highest BCUT2D eigenvalue weighted by molar-refractivity contribution is 5.79. The van der Waals surface area contributed by atoms with Gasteiger partial charge in [-0.25, -0.2) is 4.68 Å². The van der Waals surface area contributed by atoms with Gasteiger partial charge in [-0.15, -0.1) is 0 Å². The Morgan fingerprint density at radius 2 is 2.04 bits per heavy atom. The van der Waals surface area contributed by atoms with E-state index in [4.69, 9.17) is 0 Å². The van der Waals surface area contributed by atoms with Crippen molar-refractivity contribution >= 4 is 5.91 Å². The molecule has 1 aromatic carbocycles. The van der Waals surface area contributed by atoms with Crippen LogP contribution in [0, 0.1) is 13.8 Å². The zero-order valence-corrected chi connectivity index (χ0v) is 16.2. The molecule has 0 fully saturated rings. The molecule has 1 atom stereocenters. The lowest BCUT2D eigenvalue weighted by Crippen LogP contribution is -2.32. The summed E-state index contributed by atoms with van der Waals surface area (Å²) in [7, 11) is 1.97. The van der Waals surface area contributed by atoms with E-state index in [0.29, 0.717) is 6.42 Å². The van der Waals surface area contributed by atoms with E-state index in [1.54, 1.807) is 0 Å². The summed E-state index contributed by atoms with van der Waals surface area (Å²) in [5.74, 6) is 0.0678. The van der Waals surface area contributed by atoms with Gasteiger partial charge in [-0.1, -0.05) is 6.07 Å². The number of hydrogen-bond acceptors (Lipinski definition) is 2. The molecular formula is C22H26N4O. The zero-order chi connectivity index (χ0) is 19.0. The van der Waals surface area contributed by atoms with Crippen LogP contribution in [-0.2, 0) is 24.7 Å². The first kappa shape index (κ1) is 17.6. The van der Waals surface area contributed by atoms with Gasteiger partial charge in [0.25, 0.3) is 0 Å². The first-order valence-electron chi connectivity index (χ1n) is 9.55. The fraction of sp³-hybridized carbons (Fsp3) is 0.364. The quantitative estimate of drug-likeness (QED) is 0.771. The number of aromatic nitrogens is 3. The van der Waals surface area contributed by atoms with Gasteiger partial charge in [0.2, 0.25) is 5.91 Å². The second-order valence-corrected chi connectivity index (χ2v) is 7.68. The maximum absolute atomic E-state index is 12.5. The van der Waals surface area contributed by atoms with Crippen molar-refractivity contribution in [3.8, 4) is 5.69 Å². The number of nitrogens with zero attached hydrogens (tertiary/aromatic N) is 3. The van der Waals surface area contributed by atoms with Gasteiger partial charge in [0.05, 0.1) is 24.3 Å². The van der Waals surface area contributed by atoms with E-state index in [-0.39, 0.29) is 11.9 Å². The smallest absolute Gasteiger partial charge is 0.224 e. The molecule has 0 saturated carbocycles. The lowest BCUT2D eigenvalue weighted by Gasteiger charge is -2.24. The highest BCUT2D eigenvalue weighted by Gasteiger charge is 2.26. The van der Waals surface area contributed by atoms with Crippen molar-refractivity contribution in [3.05, 3.63) is 70.8 Å². The van der Waals surface area contributed by atoms with E-state index in [1.165, 1.54) is 16.8 Å². The second-order valence-electron chi connectivity index (χ2n) is 7.68. The summed E-state index contributed by atoms with van der Waals surface area (Å²) in [5, 5.41) is 7.88. The summed E-state index contributed by atoms with van der Waals surface area (Å²) in [6.45, 7) is 4.22. The number of fused-ring (bicyclic) bond motifs is 1. The van der Waals surface area contributed by atoms with Crippen molar-refractivity contribution < 1.29 is 4.79 Å². The standard InChI is InChI=1S/C22H26N4O/c1-15-9-16(2)11-18(10-15)26-21-6-4-5-20(19(21)13-23-26)24-22(27)12-17-7-8-25(3)14-17/h7-11,13-14,20H,4-6,12H2,1-3H3,(H,24,27). The van der Waals surface area contributed by atoms with Crippen LogP contribution in [0.4, 0.5) is 0 Å². The molecule has 1 unspecified atom stereocenters. The van der Waals surface area contributed by atoms with Crippen LogP contribution in [0.25, 0.3) is 5.69 Å². The number of carbonyl (C=O) groups excluding carboxylic acids is 1. The first-order valence-corrected chi connectivity index (χ1v) is 9.55. The Hall–Kier alpha value is -2.82. The van der Waals surface area contributed by atoms with Crippen LogP contribution in [0.15, 0.2) is 42.9 Å². The van der Waals surface area contributed by atoms with Crippen LogP contribution >= 0.6 is 0 Å². The maximum atomic E-state index is 12.5. The average Bonchev–Trinajstić information content (AvgIpc) is 3.20. The van der Waals surface area contributed by atoms with Gasteiger partial charge < -0.3 is 9.88 Å². The van der Waals surface area contributed by atoms with Gasteiger partial charge in [0.1, 0.15) is 0 Å². The molecule has 5 heteroatoms. The number of hydrogen-bond donors (Lipinski definition) is 1. The van der Waals surface area contributed by atoms with Crippen molar-refractivity contribution in [1.29, 1.82) is 0 Å². The summed E-state index contributed by atoms with van der Waals surface area (Å²) in [4.78, 5) is 12.5. The molecule has 0 saturated heterocycles. The fourth-order valence-corrected chi connectivity index (χ4v) is 4.10. The second kappa shape index (κ2) is 7.06. The fourth-order valence-electron chi connectivity index (χ4n) is 4.10. The molecule has 2 heterocycles. The Kier molecular flexibility index (Phi) is 4.60. The van der Waals surface area contributed by atoms with Crippen LogP contribution in [-0.4, -0.2) is 20.3 Å². The maximum Gasteiger partial charge on any atom is 0.224 e. The molecule has 2 aromatic heterocycles. The van der Waals surface area contributed by atoms with E-state index >= 15 is 0 Å². The monoisotopic (exact) mass is 362 g/mol. The molecule has 1 N–H and O–H groups in total. The van der Waals surface area contributed by atoms with Crippen molar-refractivity contribution in [2.45, 2.75) is 45.6 Å². The van der Waals surface area contributed by atoms with Crippen LogP contribution in [0.3, 0.4) is 0 Å². The summed E-state index contributed by atoms with van der Waals surface area (Å²) >= 11 is 0. The third kappa shape index (κ3) is 3.68. The molecule has 1 aliphatic carbocycles. The first-order chi connectivity index (χ1) is 13.0. The van der Waals surface area contributed by atoms with Gasteiger partial charge in [-0.05, 0) is 68.0 Å². The van der Waals surface area contributed by atoms with Crippen molar-refractivity contribution in [1.82, 2.24) is 19.7 Å². The number of nitrogens with one attached hydrogen (secondary N) is 1. The Bertz CT molecular complexity index is 962. The Morgan fingerprint density at radius 3 is 2.74 bits per heavy atom. The third-order valence-corrected chi connectivity index (χ3v) is 5.23. The molecule has 0 radical (unpaired) electrons. The van der Waals surface area contributed by atoms with E-state index in [9.17, 15) is 4.79 Å². The minimum atomic E-state index is 0.0459. The zero-order valence-electron chi connectivity index (χ0n) is 16.2. The summed E-state index contributed by atoms with van der Waals surface area (Å²) in [6.07, 6.45) is 9.32. The summed E-state index contributed by atoms with van der Waals surface area (Å²) in [5.41, 5.74) is 6.98. The van der Waals surface area contributed by atoms with Crippen molar-refractivity contribution in [3.63, 3.8) is 0 Å². The average molecular weight is 362 g/mol. The molecule has 0 spiro atoms. The lowest BCUT2D eigenvalue weighted by molar-refractivity contribution is -0.121. The van der Waals surface area contributed by atoms with E-state index in [1.807, 2.05) is 41.0 Å². The van der Waals surface area contributed by atoms with Gasteiger partial charge >= 0.3 is 0 Å². The molecule has 5 nitrogen and oxygen atoms in total. The minimum Gasteiger partial charge on any atom is -0.357 e. The molecule has 1 aliphatic rings. The molecule has 27 heavy (non-hydrogen) atoms. The SMILES string of the molecule is Cc1cc(C)cc(-n2ncc3c2CCCC3NC(=O)Cc2ccn(C)c2)c1. The van der Waals surface area contributed by atoms with E-state index < -0.39 is 0 Å². The van der Waals surface area contributed by atoms with Crippen LogP contribution in [0.1, 0.15) is 46.8 Å². The Labute approximate surface area is 160 Å². The predicted octanol–water partition coefficient (Wildman–Crippen LogP) is 3.56. The van der Waals surface area contributed by atoms with E-state index in [2.05, 4.69) is 42.5 Å². The largest absolute Gasteiger partial charge is 0.357 e. The molecule has 4 rings (SSSR count). The molecule has 3 aromatic rings. The highest BCUT2D eigenvalue weighted by atomic mass is 16.1. The number of amides is 1. The van der Waals surface area contributed by atoms with E-state index in [0.717, 1.165) is 36.1 Å². The number of rotatable bonds is 4. The van der Waals surface area contributed by atoms with Crippen LogP contribution in [0.2, 0.25) is 0 Å². The van der Waals surface area contributed by atoms with Crippen LogP contribution < -0.4 is 5.32 Å². The van der Waals surface area contributed by atoms with Gasteiger partial charge in [0, 0.05) is 30.7 Å². The van der Waals surface area contributed by atoms with Gasteiger partial charge in [-0.2, -0.15) is 5.10 Å². The predicted molar refractivity (Wildman–Crippen MR) is 106 cm³/mol. The molecule has 1 amide bonds. The highest BCUT2D eigenvalue weighted by Crippen LogP contribution is 2.31. The molecule has 140 valence electrons. The number of aryl methyl sites for hydroxylation is 3. The van der Waals surface area contributed by atoms with Crippen molar-refractivity contribution in [2.24, 2.45) is 7.05 Å². The Balaban J connectivity index is 1.55. The van der Waals surface area contributed by atoms with Gasteiger partial charge in [-0.3, -0.25) is 4.79 Å². The van der Waals surface area contributed by atoms with Crippen LogP contribution in [0.5, 0.6) is 0 Å². The van der Waals surface area contributed by atoms with Gasteiger partial charge in [0.15, 0.2) is 0 Å². The minimum absolute atomic E-state index is 0.0459. The summed E-state index contributed by atoms with van der Waals surface area (Å²) in [6, 6.07) is 8.54. The number of carbonyl (C=O) groups is 1. The topological polar surface area (TPSA) is 51.9 Å². The third-order valence-electron chi connectivity index (χ3n) is 5.23. The summed E-state index contributed by atoms with van der Waals surface area (Å²) < 4.78 is 4.01. The number of benzene rings is 1. The molecular weight excluding hydrogens is 336 g/mol. The Morgan fingerprint density at radius 1 is 1.26 bits per heavy atom. The lowest BCUT2D eigenvalue weighted by atomic mass is 9.92. The molecule has 0 bridgehead atoms. The normalized spacial score (nSPS) is 16.2.